The van der Waals surface area contributed by atoms with Crippen molar-refractivity contribution < 1.29 is 5.11 Å². The smallest absolute Gasteiger partial charge is 0.105 e. The molecule has 0 fully saturated rings. The summed E-state index contributed by atoms with van der Waals surface area (Å²) < 4.78 is 0. The molecule has 0 aromatic rings. The van der Waals surface area contributed by atoms with Gasteiger partial charge in [-0.05, 0) is 25.3 Å². The van der Waals surface area contributed by atoms with Crippen LogP contribution in [0.2, 0.25) is 0 Å². The third-order valence-corrected chi connectivity index (χ3v) is 1.54. The van der Waals surface area contributed by atoms with E-state index < -0.39 is 6.23 Å². The average Bonchev–Trinajstić information content (AvgIpc) is 1.82. The molecule has 0 aromatic carbocycles. The monoisotopic (exact) mass is 132 g/mol. The first kappa shape index (κ1) is 8.88. The minimum atomic E-state index is -0.696. The highest BCUT2D eigenvalue weighted by Crippen LogP contribution is 2.07. The summed E-state index contributed by atoms with van der Waals surface area (Å²) in [6.45, 7) is 2.60. The molecule has 0 bridgehead atoms. The maximum Gasteiger partial charge on any atom is 0.105 e. The van der Waals surface area contributed by atoms with Crippen LogP contribution >= 0.6 is 0 Å². The Kier molecular flexibility index (Phi) is 4.67. The molecule has 3 nitrogen and oxygen atoms in total. The predicted octanol–water partition coefficient (Wildman–Crippen LogP) is -0.361. The van der Waals surface area contributed by atoms with Gasteiger partial charge in [-0.15, -0.1) is 0 Å². The summed E-state index contributed by atoms with van der Waals surface area (Å²) in [6.07, 6.45) is 1.02. The normalized spacial score (nSPS) is 17.3. The van der Waals surface area contributed by atoms with E-state index in [1.54, 1.807) is 0 Å². The van der Waals surface area contributed by atoms with E-state index in [1.807, 2.05) is 6.92 Å². The third kappa shape index (κ3) is 3.46. The lowest BCUT2D eigenvalue weighted by Crippen LogP contribution is -2.30. The Bertz CT molecular complexity index is 66.1. The Balaban J connectivity index is 3.41. The largest absolute Gasteiger partial charge is 0.379 e. The molecule has 0 amide bonds. The Labute approximate surface area is 56.0 Å². The Morgan fingerprint density at radius 2 is 2.11 bits per heavy atom. The molecule has 56 valence electrons. The van der Waals surface area contributed by atoms with Crippen LogP contribution in [-0.4, -0.2) is 17.9 Å². The summed E-state index contributed by atoms with van der Waals surface area (Å²) in [6, 6.07) is 0. The first-order chi connectivity index (χ1) is 4.22. The van der Waals surface area contributed by atoms with Crippen molar-refractivity contribution in [3.63, 3.8) is 0 Å². The fourth-order valence-electron chi connectivity index (χ4n) is 0.830. The van der Waals surface area contributed by atoms with Crippen molar-refractivity contribution in [2.75, 3.05) is 6.54 Å². The van der Waals surface area contributed by atoms with Crippen molar-refractivity contribution in [2.45, 2.75) is 26.0 Å². The van der Waals surface area contributed by atoms with Gasteiger partial charge in [-0.25, -0.2) is 0 Å². The molecule has 2 atom stereocenters. The van der Waals surface area contributed by atoms with Gasteiger partial charge < -0.3 is 16.6 Å². The summed E-state index contributed by atoms with van der Waals surface area (Å²) in [5.41, 5.74) is 10.5. The predicted molar refractivity (Wildman–Crippen MR) is 37.6 cm³/mol. The molecular formula is C6H16N2O. The molecule has 0 heterocycles. The fourth-order valence-corrected chi connectivity index (χ4v) is 0.830. The molecule has 0 saturated heterocycles. The van der Waals surface area contributed by atoms with Crippen LogP contribution < -0.4 is 11.5 Å². The van der Waals surface area contributed by atoms with Crippen molar-refractivity contribution in [1.82, 2.24) is 0 Å². The third-order valence-electron chi connectivity index (χ3n) is 1.54. The van der Waals surface area contributed by atoms with Gasteiger partial charge in [0.15, 0.2) is 0 Å². The van der Waals surface area contributed by atoms with Crippen molar-refractivity contribution in [2.24, 2.45) is 17.4 Å². The molecule has 0 spiro atoms. The highest BCUT2D eigenvalue weighted by atomic mass is 16.3. The zero-order valence-corrected chi connectivity index (χ0v) is 5.88. The standard InChI is InChI=1S/C6H16N2O/c1-2-5(3-4-7)6(8)9/h5-6,9H,2-4,7-8H2,1H3. The second kappa shape index (κ2) is 4.73. The Morgan fingerprint density at radius 3 is 2.22 bits per heavy atom. The van der Waals surface area contributed by atoms with Crippen molar-refractivity contribution in [3.05, 3.63) is 0 Å². The first-order valence-corrected chi connectivity index (χ1v) is 3.36. The number of nitrogens with two attached hydrogens (primary N) is 2. The minimum absolute atomic E-state index is 0.176. The summed E-state index contributed by atoms with van der Waals surface area (Å²) in [4.78, 5) is 0. The van der Waals surface area contributed by atoms with Gasteiger partial charge in [-0.2, -0.15) is 0 Å². The molecule has 3 heteroatoms. The van der Waals surface area contributed by atoms with Crippen molar-refractivity contribution in [1.29, 1.82) is 0 Å². The van der Waals surface area contributed by atoms with Crippen LogP contribution in [-0.2, 0) is 0 Å². The molecule has 0 aromatic heterocycles. The number of hydrogen-bond donors (Lipinski definition) is 3. The number of aliphatic hydroxyl groups excluding tert-OH is 1. The van der Waals surface area contributed by atoms with E-state index in [0.29, 0.717) is 6.54 Å². The van der Waals surface area contributed by atoms with Crippen molar-refractivity contribution in [3.8, 4) is 0 Å². The maximum absolute atomic E-state index is 8.87. The molecule has 0 saturated carbocycles. The van der Waals surface area contributed by atoms with E-state index in [-0.39, 0.29) is 5.92 Å². The van der Waals surface area contributed by atoms with Crippen molar-refractivity contribution >= 4 is 0 Å². The van der Waals surface area contributed by atoms with Gasteiger partial charge in [-0.3, -0.25) is 0 Å². The Morgan fingerprint density at radius 1 is 1.56 bits per heavy atom. The fraction of sp³-hybridized carbons (Fsp3) is 1.00. The van der Waals surface area contributed by atoms with Gasteiger partial charge in [0, 0.05) is 0 Å². The van der Waals surface area contributed by atoms with E-state index in [2.05, 4.69) is 0 Å². The van der Waals surface area contributed by atoms with Crippen LogP contribution in [0.4, 0.5) is 0 Å². The molecule has 9 heavy (non-hydrogen) atoms. The first-order valence-electron chi connectivity index (χ1n) is 3.36. The summed E-state index contributed by atoms with van der Waals surface area (Å²) >= 11 is 0. The second-order valence-corrected chi connectivity index (χ2v) is 2.24. The van der Waals surface area contributed by atoms with Crippen LogP contribution in [0.15, 0.2) is 0 Å². The zero-order chi connectivity index (χ0) is 7.28. The molecular weight excluding hydrogens is 116 g/mol. The highest BCUT2D eigenvalue weighted by Gasteiger charge is 2.10. The molecule has 0 rings (SSSR count). The van der Waals surface area contributed by atoms with Crippen LogP contribution in [0.5, 0.6) is 0 Å². The van der Waals surface area contributed by atoms with Gasteiger partial charge in [0.05, 0.1) is 0 Å². The lowest BCUT2D eigenvalue weighted by molar-refractivity contribution is 0.108. The SMILES string of the molecule is CCC(CCN)C(N)O. The zero-order valence-electron chi connectivity index (χ0n) is 5.88. The van der Waals surface area contributed by atoms with E-state index in [4.69, 9.17) is 16.6 Å². The molecule has 5 N–H and O–H groups in total. The lowest BCUT2D eigenvalue weighted by Gasteiger charge is -2.15. The van der Waals surface area contributed by atoms with E-state index in [1.165, 1.54) is 0 Å². The highest BCUT2D eigenvalue weighted by molar-refractivity contribution is 4.61. The van der Waals surface area contributed by atoms with Gasteiger partial charge in [0.1, 0.15) is 6.23 Å². The molecule has 0 aliphatic rings. The average molecular weight is 132 g/mol. The van der Waals surface area contributed by atoms with Crippen LogP contribution in [0.3, 0.4) is 0 Å². The van der Waals surface area contributed by atoms with Crippen LogP contribution in [0.1, 0.15) is 19.8 Å². The number of rotatable bonds is 4. The summed E-state index contributed by atoms with van der Waals surface area (Å²) in [7, 11) is 0. The number of aliphatic hydroxyl groups is 1. The molecule has 0 aliphatic carbocycles. The lowest BCUT2D eigenvalue weighted by atomic mass is 10.0. The van der Waals surface area contributed by atoms with E-state index in [9.17, 15) is 0 Å². The van der Waals surface area contributed by atoms with Crippen LogP contribution in [0.25, 0.3) is 0 Å². The van der Waals surface area contributed by atoms with E-state index >= 15 is 0 Å². The Hall–Kier alpha value is -0.120. The second-order valence-electron chi connectivity index (χ2n) is 2.24. The topological polar surface area (TPSA) is 72.3 Å². The maximum atomic E-state index is 8.87. The van der Waals surface area contributed by atoms with Crippen LogP contribution in [0, 0.1) is 5.92 Å². The van der Waals surface area contributed by atoms with Gasteiger partial charge >= 0.3 is 0 Å². The number of hydrogen-bond acceptors (Lipinski definition) is 3. The molecule has 2 unspecified atom stereocenters. The quantitative estimate of drug-likeness (QED) is 0.457. The molecule has 0 aliphatic heterocycles. The van der Waals surface area contributed by atoms with Gasteiger partial charge in [0.25, 0.3) is 0 Å². The van der Waals surface area contributed by atoms with Gasteiger partial charge in [0.2, 0.25) is 0 Å². The summed E-state index contributed by atoms with van der Waals surface area (Å²) in [5.74, 6) is 0.176. The van der Waals surface area contributed by atoms with E-state index in [0.717, 1.165) is 12.8 Å². The van der Waals surface area contributed by atoms with Gasteiger partial charge in [-0.1, -0.05) is 6.92 Å². The summed E-state index contributed by atoms with van der Waals surface area (Å²) in [5, 5.41) is 8.87. The molecule has 0 radical (unpaired) electrons. The minimum Gasteiger partial charge on any atom is -0.379 e.